The van der Waals surface area contributed by atoms with Crippen LogP contribution in [0.25, 0.3) is 11.1 Å². The van der Waals surface area contributed by atoms with E-state index in [1.165, 1.54) is 12.1 Å². The molecular weight excluding hydrogens is 497 g/mol. The Morgan fingerprint density at radius 1 is 1.13 bits per heavy atom. The lowest BCUT2D eigenvalue weighted by molar-refractivity contribution is 0.0719. The summed E-state index contributed by atoms with van der Waals surface area (Å²) in [6, 6.07) is 13.8. The van der Waals surface area contributed by atoms with Crippen LogP contribution in [-0.2, 0) is 0 Å². The first-order valence-corrected chi connectivity index (χ1v) is 13.4. The van der Waals surface area contributed by atoms with Gasteiger partial charge in [0.15, 0.2) is 0 Å². The molecule has 3 aromatic rings. The first-order chi connectivity index (χ1) is 18.9. The molecule has 0 bridgehead atoms. The molecule has 0 unspecified atom stereocenters. The number of nitrogens with zero attached hydrogens (tertiary/aromatic N) is 3. The molecule has 1 aliphatic rings. The molecular formula is C30H36FN5O3. The van der Waals surface area contributed by atoms with E-state index in [1.54, 1.807) is 19.2 Å². The zero-order chi connectivity index (χ0) is 27.9. The number of rotatable bonds is 9. The van der Waals surface area contributed by atoms with Crippen LogP contribution in [0, 0.1) is 12.7 Å². The first-order valence-electron chi connectivity index (χ1n) is 13.4. The fourth-order valence-electron chi connectivity index (χ4n) is 5.02. The van der Waals surface area contributed by atoms with Crippen LogP contribution < -0.4 is 20.7 Å². The largest absolute Gasteiger partial charge is 0.478 e. The van der Waals surface area contributed by atoms with Crippen molar-refractivity contribution < 1.29 is 18.7 Å². The Morgan fingerprint density at radius 2 is 1.95 bits per heavy atom. The lowest BCUT2D eigenvalue weighted by atomic mass is 9.99. The fourth-order valence-corrected chi connectivity index (χ4v) is 5.02. The van der Waals surface area contributed by atoms with Crippen molar-refractivity contribution in [2.45, 2.75) is 33.2 Å². The van der Waals surface area contributed by atoms with E-state index in [4.69, 9.17) is 10.5 Å². The first kappa shape index (κ1) is 28.0. The van der Waals surface area contributed by atoms with Gasteiger partial charge in [-0.1, -0.05) is 13.0 Å². The monoisotopic (exact) mass is 533 g/mol. The SMILES string of the molecule is CCOc1ncccc1-c1ccc(N2CCN(C(=O)c3ccc(F)cc3C)C[C@H]2CC)c(C(=O)NCCN)c1. The maximum atomic E-state index is 13.6. The van der Waals surface area contributed by atoms with Gasteiger partial charge in [0.1, 0.15) is 5.82 Å². The molecule has 1 aliphatic heterocycles. The van der Waals surface area contributed by atoms with E-state index in [-0.39, 0.29) is 23.7 Å². The molecule has 0 saturated carbocycles. The van der Waals surface area contributed by atoms with Crippen LogP contribution >= 0.6 is 0 Å². The molecule has 206 valence electrons. The third-order valence-corrected chi connectivity index (χ3v) is 7.00. The van der Waals surface area contributed by atoms with Crippen molar-refractivity contribution in [1.29, 1.82) is 0 Å². The molecule has 2 heterocycles. The minimum atomic E-state index is -0.358. The molecule has 4 rings (SSSR count). The second kappa shape index (κ2) is 12.7. The van der Waals surface area contributed by atoms with Gasteiger partial charge in [-0.3, -0.25) is 9.59 Å². The summed E-state index contributed by atoms with van der Waals surface area (Å²) in [5.74, 6) is -0.170. The summed E-state index contributed by atoms with van der Waals surface area (Å²) >= 11 is 0. The van der Waals surface area contributed by atoms with E-state index in [2.05, 4.69) is 22.1 Å². The highest BCUT2D eigenvalue weighted by Crippen LogP contribution is 2.34. The summed E-state index contributed by atoms with van der Waals surface area (Å²) in [5.41, 5.74) is 9.73. The normalized spacial score (nSPS) is 15.3. The third-order valence-electron chi connectivity index (χ3n) is 7.00. The molecule has 1 saturated heterocycles. The highest BCUT2D eigenvalue weighted by Gasteiger charge is 2.32. The summed E-state index contributed by atoms with van der Waals surface area (Å²) in [6.45, 7) is 8.42. The second-order valence-electron chi connectivity index (χ2n) is 9.53. The summed E-state index contributed by atoms with van der Waals surface area (Å²) in [4.78, 5) is 35.0. The molecule has 2 amide bonds. The zero-order valence-electron chi connectivity index (χ0n) is 22.7. The third kappa shape index (κ3) is 6.20. The summed E-state index contributed by atoms with van der Waals surface area (Å²) in [6.07, 6.45) is 2.45. The van der Waals surface area contributed by atoms with E-state index in [1.807, 2.05) is 42.2 Å². The highest BCUT2D eigenvalue weighted by atomic mass is 19.1. The number of aromatic nitrogens is 1. The maximum Gasteiger partial charge on any atom is 0.254 e. The van der Waals surface area contributed by atoms with Gasteiger partial charge < -0.3 is 25.6 Å². The highest BCUT2D eigenvalue weighted by molar-refractivity contribution is 6.01. The number of pyridine rings is 1. The van der Waals surface area contributed by atoms with Gasteiger partial charge in [0.2, 0.25) is 5.88 Å². The Morgan fingerprint density at radius 3 is 2.67 bits per heavy atom. The Hall–Kier alpha value is -3.98. The van der Waals surface area contributed by atoms with Crippen LogP contribution in [0.4, 0.5) is 10.1 Å². The average Bonchev–Trinajstić information content (AvgIpc) is 2.95. The lowest BCUT2D eigenvalue weighted by Gasteiger charge is -2.43. The fraction of sp³-hybridized carbons (Fsp3) is 0.367. The Bertz CT molecular complexity index is 1330. The van der Waals surface area contributed by atoms with Gasteiger partial charge in [-0.15, -0.1) is 0 Å². The van der Waals surface area contributed by atoms with Crippen molar-refractivity contribution in [2.75, 3.05) is 44.2 Å². The van der Waals surface area contributed by atoms with Crippen molar-refractivity contribution in [3.8, 4) is 17.0 Å². The Kier molecular flexibility index (Phi) is 9.14. The number of halogens is 1. The van der Waals surface area contributed by atoms with Gasteiger partial charge in [0.25, 0.3) is 11.8 Å². The molecule has 3 N–H and O–H groups in total. The van der Waals surface area contributed by atoms with Gasteiger partial charge in [0.05, 0.1) is 12.2 Å². The van der Waals surface area contributed by atoms with Crippen LogP contribution in [-0.4, -0.2) is 67.1 Å². The quantitative estimate of drug-likeness (QED) is 0.431. The number of nitrogens with one attached hydrogen (secondary N) is 1. The Balaban J connectivity index is 1.66. The number of hydrogen-bond donors (Lipinski definition) is 2. The second-order valence-corrected chi connectivity index (χ2v) is 9.53. The number of aryl methyl sites for hydroxylation is 1. The van der Waals surface area contributed by atoms with Gasteiger partial charge >= 0.3 is 0 Å². The van der Waals surface area contributed by atoms with Gasteiger partial charge in [-0.25, -0.2) is 9.37 Å². The van der Waals surface area contributed by atoms with E-state index in [9.17, 15) is 14.0 Å². The number of ether oxygens (including phenoxy) is 1. The van der Waals surface area contributed by atoms with E-state index in [0.29, 0.717) is 61.9 Å². The number of amides is 2. The average molecular weight is 534 g/mol. The van der Waals surface area contributed by atoms with Gasteiger partial charge in [-0.05, 0) is 73.9 Å². The molecule has 0 spiro atoms. The van der Waals surface area contributed by atoms with Crippen LogP contribution in [0.1, 0.15) is 46.5 Å². The summed E-state index contributed by atoms with van der Waals surface area (Å²) in [7, 11) is 0. The molecule has 1 fully saturated rings. The lowest BCUT2D eigenvalue weighted by Crippen LogP contribution is -2.55. The topological polar surface area (TPSA) is 101 Å². The van der Waals surface area contributed by atoms with Crippen molar-refractivity contribution in [1.82, 2.24) is 15.2 Å². The zero-order valence-corrected chi connectivity index (χ0v) is 22.7. The molecule has 2 aromatic carbocycles. The number of carbonyl (C=O) groups is 2. The smallest absolute Gasteiger partial charge is 0.254 e. The molecule has 1 atom stereocenters. The van der Waals surface area contributed by atoms with E-state index in [0.717, 1.165) is 23.2 Å². The standard InChI is InChI=1S/C30H36FN5O3/c1-4-23-19-35(30(38)24-10-9-22(31)17-20(24)3)15-16-36(23)27-11-8-21(18-26(27)28(37)33-14-12-32)25-7-6-13-34-29(25)39-5-2/h6-11,13,17-18,23H,4-5,12,14-16,19,32H2,1-3H3,(H,33,37)/t23-/m1/s1. The van der Waals surface area contributed by atoms with Crippen molar-refractivity contribution in [3.63, 3.8) is 0 Å². The van der Waals surface area contributed by atoms with Crippen molar-refractivity contribution in [2.24, 2.45) is 5.73 Å². The van der Waals surface area contributed by atoms with Gasteiger partial charge in [-0.2, -0.15) is 0 Å². The number of benzene rings is 2. The predicted octanol–water partition coefficient (Wildman–Crippen LogP) is 4.02. The molecule has 0 aliphatic carbocycles. The number of carbonyl (C=O) groups excluding carboxylic acids is 2. The van der Waals surface area contributed by atoms with Crippen LogP contribution in [0.3, 0.4) is 0 Å². The predicted molar refractivity (Wildman–Crippen MR) is 151 cm³/mol. The van der Waals surface area contributed by atoms with Crippen molar-refractivity contribution >= 4 is 17.5 Å². The van der Waals surface area contributed by atoms with E-state index >= 15 is 0 Å². The minimum absolute atomic E-state index is 0.00672. The van der Waals surface area contributed by atoms with Crippen LogP contribution in [0.2, 0.25) is 0 Å². The number of nitrogens with two attached hydrogens (primary N) is 1. The molecule has 1 aromatic heterocycles. The number of hydrogen-bond acceptors (Lipinski definition) is 6. The van der Waals surface area contributed by atoms with Crippen LogP contribution in [0.15, 0.2) is 54.7 Å². The summed E-state index contributed by atoms with van der Waals surface area (Å²) < 4.78 is 19.3. The number of anilines is 1. The Labute approximate surface area is 229 Å². The maximum absolute atomic E-state index is 13.6. The van der Waals surface area contributed by atoms with E-state index < -0.39 is 0 Å². The molecule has 8 nitrogen and oxygen atoms in total. The molecule has 9 heteroatoms. The minimum Gasteiger partial charge on any atom is -0.478 e. The van der Waals surface area contributed by atoms with Gasteiger partial charge in [0, 0.05) is 61.8 Å². The molecule has 39 heavy (non-hydrogen) atoms. The molecule has 0 radical (unpaired) electrons. The van der Waals surface area contributed by atoms with Crippen LogP contribution in [0.5, 0.6) is 5.88 Å². The van der Waals surface area contributed by atoms with Crippen molar-refractivity contribution in [3.05, 3.63) is 77.2 Å². The number of piperazine rings is 1. The summed E-state index contributed by atoms with van der Waals surface area (Å²) in [5, 5.41) is 2.91.